The highest BCUT2D eigenvalue weighted by atomic mass is 32.2. The molecule has 0 N–H and O–H groups in total. The molecule has 6 nitrogen and oxygen atoms in total. The minimum absolute atomic E-state index is 0.0292. The summed E-state index contributed by atoms with van der Waals surface area (Å²) < 4.78 is 10.4. The minimum Gasteiger partial charge on any atom is -0.482 e. The zero-order valence-corrected chi connectivity index (χ0v) is 14.4. The van der Waals surface area contributed by atoms with Gasteiger partial charge in [-0.1, -0.05) is 0 Å². The summed E-state index contributed by atoms with van der Waals surface area (Å²) in [4.78, 5) is 29.9. The molecule has 0 aromatic heterocycles. The van der Waals surface area contributed by atoms with Crippen LogP contribution in [0.3, 0.4) is 0 Å². The van der Waals surface area contributed by atoms with Crippen LogP contribution in [0.15, 0.2) is 23.2 Å². The van der Waals surface area contributed by atoms with Crippen LogP contribution in [0.2, 0.25) is 0 Å². The number of carbonyl (C=O) groups is 2. The smallest absolute Gasteiger partial charge is 0.305 e. The molecule has 2 aliphatic heterocycles. The van der Waals surface area contributed by atoms with Crippen LogP contribution in [0.25, 0.3) is 0 Å². The van der Waals surface area contributed by atoms with Crippen molar-refractivity contribution in [1.29, 1.82) is 0 Å². The van der Waals surface area contributed by atoms with Gasteiger partial charge < -0.3 is 14.4 Å². The summed E-state index contributed by atoms with van der Waals surface area (Å²) in [6.45, 7) is 3.49. The van der Waals surface area contributed by atoms with Crippen molar-refractivity contribution in [2.75, 3.05) is 37.0 Å². The Morgan fingerprint density at radius 1 is 1.46 bits per heavy atom. The molecule has 1 amide bonds. The van der Waals surface area contributed by atoms with Crippen molar-refractivity contribution in [1.82, 2.24) is 0 Å². The van der Waals surface area contributed by atoms with Crippen molar-refractivity contribution in [2.24, 2.45) is 4.99 Å². The van der Waals surface area contributed by atoms with Gasteiger partial charge in [0.05, 0.1) is 17.3 Å². The molecule has 24 heavy (non-hydrogen) atoms. The topological polar surface area (TPSA) is 68.2 Å². The molecule has 0 bridgehead atoms. The van der Waals surface area contributed by atoms with Gasteiger partial charge in [0.15, 0.2) is 6.61 Å². The SMILES string of the molecule is CCOC(=O)CCCN1C(=O)COc2ccc(C3=NCCS3)cc21. The second-order valence-corrected chi connectivity index (χ2v) is 6.54. The highest BCUT2D eigenvalue weighted by Gasteiger charge is 2.26. The molecule has 0 saturated heterocycles. The molecule has 7 heteroatoms. The van der Waals surface area contributed by atoms with E-state index in [1.807, 2.05) is 18.2 Å². The van der Waals surface area contributed by atoms with Gasteiger partial charge in [-0.3, -0.25) is 14.6 Å². The van der Waals surface area contributed by atoms with Crippen molar-refractivity contribution in [3.8, 4) is 5.75 Å². The molecule has 2 heterocycles. The van der Waals surface area contributed by atoms with E-state index in [0.29, 0.717) is 31.7 Å². The van der Waals surface area contributed by atoms with Gasteiger partial charge in [0.25, 0.3) is 5.91 Å². The number of benzene rings is 1. The maximum absolute atomic E-state index is 12.2. The van der Waals surface area contributed by atoms with Crippen LogP contribution < -0.4 is 9.64 Å². The lowest BCUT2D eigenvalue weighted by atomic mass is 10.1. The number of fused-ring (bicyclic) bond motifs is 1. The fourth-order valence-electron chi connectivity index (χ4n) is 2.70. The van der Waals surface area contributed by atoms with Crippen LogP contribution in [-0.4, -0.2) is 49.0 Å². The van der Waals surface area contributed by atoms with Gasteiger partial charge in [-0.05, 0) is 31.5 Å². The van der Waals surface area contributed by atoms with Crippen LogP contribution in [0.1, 0.15) is 25.3 Å². The second-order valence-electron chi connectivity index (χ2n) is 5.46. The number of rotatable bonds is 6. The molecule has 3 rings (SSSR count). The average molecular weight is 348 g/mol. The summed E-state index contributed by atoms with van der Waals surface area (Å²) in [5.74, 6) is 1.36. The zero-order chi connectivity index (χ0) is 16.9. The number of carbonyl (C=O) groups excluding carboxylic acids is 2. The van der Waals surface area contributed by atoms with E-state index in [1.165, 1.54) is 0 Å². The van der Waals surface area contributed by atoms with Gasteiger partial charge in [-0.2, -0.15) is 0 Å². The lowest BCUT2D eigenvalue weighted by Gasteiger charge is -2.29. The molecule has 0 unspecified atom stereocenters. The first-order valence-electron chi connectivity index (χ1n) is 8.09. The van der Waals surface area contributed by atoms with E-state index < -0.39 is 0 Å². The fourth-order valence-corrected chi connectivity index (χ4v) is 3.56. The lowest BCUT2D eigenvalue weighted by molar-refractivity contribution is -0.143. The number of amides is 1. The molecular formula is C17H20N2O4S. The molecule has 0 spiro atoms. The Hall–Kier alpha value is -2.02. The highest BCUT2D eigenvalue weighted by Crippen LogP contribution is 2.34. The Morgan fingerprint density at radius 3 is 3.08 bits per heavy atom. The van der Waals surface area contributed by atoms with Gasteiger partial charge >= 0.3 is 5.97 Å². The first-order valence-corrected chi connectivity index (χ1v) is 9.08. The maximum atomic E-state index is 12.2. The maximum Gasteiger partial charge on any atom is 0.305 e. The molecule has 0 aliphatic carbocycles. The van der Waals surface area contributed by atoms with E-state index in [0.717, 1.165) is 28.6 Å². The molecule has 2 aliphatic rings. The van der Waals surface area contributed by atoms with E-state index in [1.54, 1.807) is 23.6 Å². The number of hydrogen-bond acceptors (Lipinski definition) is 6. The standard InChI is InChI=1S/C17H20N2O4S/c1-2-22-16(21)4-3-8-19-13-10-12(17-18-7-9-24-17)5-6-14(13)23-11-15(19)20/h5-6,10H,2-4,7-9,11H2,1H3. The Labute approximate surface area is 145 Å². The number of anilines is 1. The van der Waals surface area contributed by atoms with Gasteiger partial charge in [-0.25, -0.2) is 0 Å². The zero-order valence-electron chi connectivity index (χ0n) is 13.6. The minimum atomic E-state index is -0.233. The highest BCUT2D eigenvalue weighted by molar-refractivity contribution is 8.14. The summed E-state index contributed by atoms with van der Waals surface area (Å²) in [7, 11) is 0. The van der Waals surface area contributed by atoms with Crippen LogP contribution in [0.4, 0.5) is 5.69 Å². The van der Waals surface area contributed by atoms with Gasteiger partial charge in [0, 0.05) is 30.8 Å². The van der Waals surface area contributed by atoms with Crippen LogP contribution in [0.5, 0.6) is 5.75 Å². The average Bonchev–Trinajstić information content (AvgIpc) is 3.11. The first kappa shape index (κ1) is 16.8. The summed E-state index contributed by atoms with van der Waals surface area (Å²) in [6, 6.07) is 5.81. The quantitative estimate of drug-likeness (QED) is 0.738. The first-order chi connectivity index (χ1) is 11.7. The predicted molar refractivity (Wildman–Crippen MR) is 94.0 cm³/mol. The van der Waals surface area contributed by atoms with E-state index in [9.17, 15) is 9.59 Å². The van der Waals surface area contributed by atoms with E-state index in [2.05, 4.69) is 4.99 Å². The number of aliphatic imine (C=N–C) groups is 1. The predicted octanol–water partition coefficient (Wildman–Crippen LogP) is 2.25. The monoisotopic (exact) mass is 348 g/mol. The van der Waals surface area contributed by atoms with Crippen molar-refractivity contribution in [2.45, 2.75) is 19.8 Å². The molecule has 128 valence electrons. The number of nitrogens with zero attached hydrogens (tertiary/aromatic N) is 2. The second kappa shape index (κ2) is 7.70. The number of thioether (sulfide) groups is 1. The van der Waals surface area contributed by atoms with Crippen molar-refractivity contribution in [3.05, 3.63) is 23.8 Å². The molecule has 1 aromatic rings. The summed E-state index contributed by atoms with van der Waals surface area (Å²) in [5.41, 5.74) is 1.76. The molecule has 1 aromatic carbocycles. The third-order valence-corrected chi connectivity index (χ3v) is 4.83. The van der Waals surface area contributed by atoms with E-state index >= 15 is 0 Å². The van der Waals surface area contributed by atoms with Gasteiger partial charge in [0.2, 0.25) is 0 Å². The largest absolute Gasteiger partial charge is 0.482 e. The third kappa shape index (κ3) is 3.72. The Balaban J connectivity index is 1.74. The molecule has 0 atom stereocenters. The van der Waals surface area contributed by atoms with E-state index in [-0.39, 0.29) is 18.5 Å². The Morgan fingerprint density at radius 2 is 2.33 bits per heavy atom. The Bertz CT molecular complexity index is 675. The summed E-state index contributed by atoms with van der Waals surface area (Å²) >= 11 is 1.72. The normalized spacial score (nSPS) is 16.5. The van der Waals surface area contributed by atoms with Crippen molar-refractivity contribution >= 4 is 34.4 Å². The summed E-state index contributed by atoms with van der Waals surface area (Å²) in [5, 5.41) is 1.00. The lowest BCUT2D eigenvalue weighted by Crippen LogP contribution is -2.39. The molecule has 0 fully saturated rings. The van der Waals surface area contributed by atoms with Gasteiger partial charge in [-0.15, -0.1) is 11.8 Å². The van der Waals surface area contributed by atoms with Crippen LogP contribution >= 0.6 is 11.8 Å². The third-order valence-electron chi connectivity index (χ3n) is 3.80. The van der Waals surface area contributed by atoms with Crippen molar-refractivity contribution < 1.29 is 19.1 Å². The van der Waals surface area contributed by atoms with Crippen LogP contribution in [-0.2, 0) is 14.3 Å². The Kier molecular flexibility index (Phi) is 5.40. The van der Waals surface area contributed by atoms with Gasteiger partial charge in [0.1, 0.15) is 5.75 Å². The van der Waals surface area contributed by atoms with Crippen LogP contribution in [0, 0.1) is 0 Å². The molecular weight excluding hydrogens is 328 g/mol. The van der Waals surface area contributed by atoms with E-state index in [4.69, 9.17) is 9.47 Å². The fraction of sp³-hybridized carbons (Fsp3) is 0.471. The molecule has 0 saturated carbocycles. The number of esters is 1. The summed E-state index contributed by atoms with van der Waals surface area (Å²) in [6.07, 6.45) is 0.861. The number of ether oxygens (including phenoxy) is 2. The van der Waals surface area contributed by atoms with Crippen molar-refractivity contribution in [3.63, 3.8) is 0 Å². The number of hydrogen-bond donors (Lipinski definition) is 0. The molecule has 0 radical (unpaired) electrons.